The van der Waals surface area contributed by atoms with Gasteiger partial charge in [-0.05, 0) is 73.2 Å². The summed E-state index contributed by atoms with van der Waals surface area (Å²) >= 11 is 0. The highest BCUT2D eigenvalue weighted by Crippen LogP contribution is 2.26. The summed E-state index contributed by atoms with van der Waals surface area (Å²) in [4.78, 5) is 2.41. The molecular weight excluding hydrogens is 378 g/mol. The molecule has 0 fully saturated rings. The summed E-state index contributed by atoms with van der Waals surface area (Å²) < 4.78 is 5.81. The predicted octanol–water partition coefficient (Wildman–Crippen LogP) is 6.17. The third-order valence-electron chi connectivity index (χ3n) is 5.50. The number of fused-ring (bicyclic) bond motifs is 1. The van der Waals surface area contributed by atoms with Crippen LogP contribution in [0.15, 0.2) is 72.8 Å². The number of aryl methyl sites for hydroxylation is 2. The second-order valence-electron chi connectivity index (χ2n) is 7.80. The van der Waals surface area contributed by atoms with Crippen LogP contribution in [0.1, 0.15) is 29.5 Å². The van der Waals surface area contributed by atoms with Gasteiger partial charge in [0.15, 0.2) is 0 Å². The van der Waals surface area contributed by atoms with Crippen LogP contribution in [-0.2, 0) is 19.4 Å². The normalized spacial score (nSPS) is 12.8. The lowest BCUT2D eigenvalue weighted by Crippen LogP contribution is -2.20. The number of hydrogen-bond donors (Lipinski definition) is 0. The van der Waals surface area contributed by atoms with Crippen LogP contribution in [0.25, 0.3) is 11.1 Å². The highest BCUT2D eigenvalue weighted by Gasteiger charge is 2.11. The monoisotopic (exact) mass is 407 g/mol. The molecule has 0 unspecified atom stereocenters. The summed E-state index contributed by atoms with van der Waals surface area (Å²) in [6, 6.07) is 26.3. The lowest BCUT2D eigenvalue weighted by molar-refractivity contribution is 0.286. The van der Waals surface area contributed by atoms with Crippen LogP contribution in [0.5, 0.6) is 5.75 Å². The van der Waals surface area contributed by atoms with E-state index in [-0.39, 0.29) is 12.4 Å². The van der Waals surface area contributed by atoms with E-state index in [0.29, 0.717) is 0 Å². The van der Waals surface area contributed by atoms with Crippen LogP contribution < -0.4 is 4.74 Å². The first-order valence-electron chi connectivity index (χ1n) is 10.4. The quantitative estimate of drug-likeness (QED) is 0.464. The average Bonchev–Trinajstić information content (AvgIpc) is 2.75. The molecule has 4 rings (SSSR count). The van der Waals surface area contributed by atoms with Gasteiger partial charge >= 0.3 is 0 Å². The molecular formula is C26H30ClNO. The van der Waals surface area contributed by atoms with Crippen molar-refractivity contribution in [2.45, 2.75) is 32.2 Å². The van der Waals surface area contributed by atoms with Gasteiger partial charge in [-0.25, -0.2) is 0 Å². The number of halogens is 1. The highest BCUT2D eigenvalue weighted by molar-refractivity contribution is 5.85. The topological polar surface area (TPSA) is 12.5 Å². The molecule has 152 valence electrons. The van der Waals surface area contributed by atoms with E-state index in [9.17, 15) is 0 Å². The molecule has 1 heterocycles. The molecule has 0 radical (unpaired) electrons. The average molecular weight is 408 g/mol. The third kappa shape index (κ3) is 5.85. The zero-order valence-corrected chi connectivity index (χ0v) is 18.0. The van der Waals surface area contributed by atoms with Gasteiger partial charge in [0.1, 0.15) is 5.75 Å². The van der Waals surface area contributed by atoms with Crippen molar-refractivity contribution in [3.63, 3.8) is 0 Å². The minimum atomic E-state index is 0. The Morgan fingerprint density at radius 3 is 2.38 bits per heavy atom. The summed E-state index contributed by atoms with van der Waals surface area (Å²) in [6.45, 7) is 2.93. The standard InChI is InChI=1S/C26H29NO.ClH/c1-27(20-22-13-16-25-10-6-18-28-26(25)19-22)17-5-7-21-11-14-24(15-12-21)23-8-3-2-4-9-23;/h2-4,8-9,11-16,19H,5-7,10,17-18,20H2,1H3;1H. The molecule has 1 aliphatic heterocycles. The van der Waals surface area contributed by atoms with Gasteiger partial charge in [-0.3, -0.25) is 0 Å². The number of hydrogen-bond acceptors (Lipinski definition) is 2. The molecule has 2 nitrogen and oxygen atoms in total. The molecule has 0 spiro atoms. The van der Waals surface area contributed by atoms with E-state index in [1.807, 2.05) is 0 Å². The molecule has 29 heavy (non-hydrogen) atoms. The first kappa shape index (κ1) is 21.4. The van der Waals surface area contributed by atoms with E-state index in [0.717, 1.165) is 44.7 Å². The second kappa shape index (κ2) is 10.5. The molecule has 3 heteroatoms. The first-order chi connectivity index (χ1) is 13.8. The fourth-order valence-corrected chi connectivity index (χ4v) is 3.92. The Morgan fingerprint density at radius 2 is 1.59 bits per heavy atom. The minimum Gasteiger partial charge on any atom is -0.493 e. The van der Waals surface area contributed by atoms with Gasteiger partial charge in [-0.1, -0.05) is 66.7 Å². The molecule has 1 aliphatic rings. The molecule has 0 aromatic heterocycles. The molecule has 0 N–H and O–H groups in total. The van der Waals surface area contributed by atoms with Gasteiger partial charge in [0, 0.05) is 6.54 Å². The Bertz CT molecular complexity index is 892. The van der Waals surface area contributed by atoms with E-state index in [4.69, 9.17) is 4.74 Å². The fourth-order valence-electron chi connectivity index (χ4n) is 3.92. The number of rotatable bonds is 7. The molecule has 0 bridgehead atoms. The van der Waals surface area contributed by atoms with Crippen molar-refractivity contribution in [3.8, 4) is 16.9 Å². The lowest BCUT2D eigenvalue weighted by Gasteiger charge is -2.20. The summed E-state index contributed by atoms with van der Waals surface area (Å²) in [5.74, 6) is 1.09. The van der Waals surface area contributed by atoms with E-state index in [1.165, 1.54) is 34.2 Å². The van der Waals surface area contributed by atoms with Gasteiger partial charge in [0.2, 0.25) is 0 Å². The van der Waals surface area contributed by atoms with Crippen LogP contribution in [-0.4, -0.2) is 25.1 Å². The maximum Gasteiger partial charge on any atom is 0.122 e. The maximum atomic E-state index is 5.81. The van der Waals surface area contributed by atoms with E-state index in [2.05, 4.69) is 84.7 Å². The van der Waals surface area contributed by atoms with Crippen molar-refractivity contribution >= 4 is 12.4 Å². The molecule has 0 saturated heterocycles. The zero-order chi connectivity index (χ0) is 19.2. The van der Waals surface area contributed by atoms with Gasteiger partial charge in [0.05, 0.1) is 6.61 Å². The van der Waals surface area contributed by atoms with Gasteiger partial charge in [0.25, 0.3) is 0 Å². The summed E-state index contributed by atoms with van der Waals surface area (Å²) in [5, 5.41) is 0. The van der Waals surface area contributed by atoms with Crippen LogP contribution in [0.2, 0.25) is 0 Å². The number of ether oxygens (including phenoxy) is 1. The van der Waals surface area contributed by atoms with E-state index < -0.39 is 0 Å². The molecule has 0 aliphatic carbocycles. The Morgan fingerprint density at radius 1 is 0.862 bits per heavy atom. The van der Waals surface area contributed by atoms with Gasteiger partial charge in [-0.15, -0.1) is 12.4 Å². The summed E-state index contributed by atoms with van der Waals surface area (Å²) in [6.07, 6.45) is 4.57. The van der Waals surface area contributed by atoms with Crippen molar-refractivity contribution in [1.29, 1.82) is 0 Å². The van der Waals surface area contributed by atoms with Crippen LogP contribution in [0.3, 0.4) is 0 Å². The third-order valence-corrected chi connectivity index (χ3v) is 5.50. The zero-order valence-electron chi connectivity index (χ0n) is 17.1. The molecule has 3 aromatic carbocycles. The predicted molar refractivity (Wildman–Crippen MR) is 124 cm³/mol. The summed E-state index contributed by atoms with van der Waals surface area (Å²) in [5.41, 5.74) is 6.68. The Labute approximate surface area is 180 Å². The Hall–Kier alpha value is -2.29. The molecule has 3 aromatic rings. The Kier molecular flexibility index (Phi) is 7.74. The lowest BCUT2D eigenvalue weighted by atomic mass is 10.0. The van der Waals surface area contributed by atoms with Crippen molar-refractivity contribution in [3.05, 3.63) is 89.5 Å². The van der Waals surface area contributed by atoms with Gasteiger partial charge < -0.3 is 9.64 Å². The van der Waals surface area contributed by atoms with E-state index >= 15 is 0 Å². The molecule has 0 atom stereocenters. The van der Waals surface area contributed by atoms with Crippen LogP contribution in [0.4, 0.5) is 0 Å². The molecule has 0 amide bonds. The fraction of sp³-hybridized carbons (Fsp3) is 0.308. The van der Waals surface area contributed by atoms with E-state index in [1.54, 1.807) is 0 Å². The van der Waals surface area contributed by atoms with Crippen molar-refractivity contribution in [2.24, 2.45) is 0 Å². The highest BCUT2D eigenvalue weighted by atomic mass is 35.5. The van der Waals surface area contributed by atoms with Crippen molar-refractivity contribution in [1.82, 2.24) is 4.90 Å². The van der Waals surface area contributed by atoms with Crippen LogP contribution >= 0.6 is 12.4 Å². The smallest absolute Gasteiger partial charge is 0.122 e. The minimum absolute atomic E-state index is 0. The second-order valence-corrected chi connectivity index (χ2v) is 7.80. The summed E-state index contributed by atoms with van der Waals surface area (Å²) in [7, 11) is 2.21. The van der Waals surface area contributed by atoms with Crippen LogP contribution in [0, 0.1) is 0 Å². The van der Waals surface area contributed by atoms with Crippen molar-refractivity contribution in [2.75, 3.05) is 20.2 Å². The maximum absolute atomic E-state index is 5.81. The number of benzene rings is 3. The SMILES string of the molecule is CN(CCCc1ccc(-c2ccccc2)cc1)Cc1ccc2c(c1)OCCC2.Cl. The first-order valence-corrected chi connectivity index (χ1v) is 10.4. The number of nitrogens with zero attached hydrogens (tertiary/aromatic N) is 1. The Balaban J connectivity index is 0.00000240. The molecule has 0 saturated carbocycles. The van der Waals surface area contributed by atoms with Crippen molar-refractivity contribution < 1.29 is 4.74 Å². The van der Waals surface area contributed by atoms with Gasteiger partial charge in [-0.2, -0.15) is 0 Å². The largest absolute Gasteiger partial charge is 0.493 e.